The molecule has 0 fully saturated rings. The van der Waals surface area contributed by atoms with Gasteiger partial charge in [0.15, 0.2) is 6.61 Å². The number of carbonyl (C=O) groups is 1. The summed E-state index contributed by atoms with van der Waals surface area (Å²) in [6.45, 7) is 2.24. The van der Waals surface area contributed by atoms with E-state index in [1.165, 1.54) is 29.9 Å². The summed E-state index contributed by atoms with van der Waals surface area (Å²) in [7, 11) is 0. The first kappa shape index (κ1) is 23.7. The summed E-state index contributed by atoms with van der Waals surface area (Å²) >= 11 is 13.9. The zero-order valence-corrected chi connectivity index (χ0v) is 20.3. The van der Waals surface area contributed by atoms with Crippen LogP contribution >= 0.6 is 34.5 Å². The molecular formula is C23H19Cl2N5O3S. The van der Waals surface area contributed by atoms with Crippen LogP contribution in [-0.2, 0) is 4.79 Å². The van der Waals surface area contributed by atoms with Crippen LogP contribution < -0.4 is 19.7 Å². The maximum absolute atomic E-state index is 12.3. The Morgan fingerprint density at radius 2 is 1.97 bits per heavy atom. The maximum atomic E-state index is 12.3. The molecule has 174 valence electrons. The van der Waals surface area contributed by atoms with Crippen molar-refractivity contribution < 1.29 is 14.3 Å². The summed E-state index contributed by atoms with van der Waals surface area (Å²) in [5.41, 5.74) is 4.90. The normalized spacial score (nSPS) is 11.3. The monoisotopic (exact) mass is 515 g/mol. The molecular weight excluding hydrogens is 497 g/mol. The first-order chi connectivity index (χ1) is 16.5. The van der Waals surface area contributed by atoms with Gasteiger partial charge in [0.05, 0.1) is 23.5 Å². The molecule has 34 heavy (non-hydrogen) atoms. The predicted octanol–water partition coefficient (Wildman–Crippen LogP) is 4.71. The summed E-state index contributed by atoms with van der Waals surface area (Å²) in [6.07, 6.45) is 4.42. The second-order valence-electron chi connectivity index (χ2n) is 6.77. The highest BCUT2D eigenvalue weighted by Gasteiger charge is 2.14. The van der Waals surface area contributed by atoms with Gasteiger partial charge >= 0.3 is 0 Å². The number of carbonyl (C=O) groups excluding carboxylic acids is 1. The van der Waals surface area contributed by atoms with E-state index >= 15 is 0 Å². The largest absolute Gasteiger partial charge is 0.494 e. The molecule has 0 bridgehead atoms. The van der Waals surface area contributed by atoms with E-state index in [2.05, 4.69) is 20.5 Å². The molecule has 4 rings (SSSR count). The average Bonchev–Trinajstić information content (AvgIpc) is 3.26. The van der Waals surface area contributed by atoms with E-state index in [9.17, 15) is 4.79 Å². The summed E-state index contributed by atoms with van der Waals surface area (Å²) in [6, 6.07) is 12.8. The minimum atomic E-state index is -0.441. The summed E-state index contributed by atoms with van der Waals surface area (Å²) in [4.78, 5) is 20.7. The average molecular weight is 516 g/mol. The first-order valence-electron chi connectivity index (χ1n) is 10.2. The van der Waals surface area contributed by atoms with Crippen LogP contribution in [0.15, 0.2) is 71.5 Å². The molecule has 2 aromatic heterocycles. The smallest absolute Gasteiger partial charge is 0.278 e. The van der Waals surface area contributed by atoms with Crippen molar-refractivity contribution >= 4 is 40.4 Å². The molecule has 2 heterocycles. The fourth-order valence-corrected chi connectivity index (χ4v) is 4.39. The molecule has 4 aromatic rings. The van der Waals surface area contributed by atoms with E-state index in [0.717, 1.165) is 22.7 Å². The molecule has 1 amide bonds. The Morgan fingerprint density at radius 3 is 2.68 bits per heavy atom. The molecule has 0 unspecified atom stereocenters. The fourth-order valence-electron chi connectivity index (χ4n) is 3.02. The molecule has 2 aromatic carbocycles. The number of hydrogen-bond donors (Lipinski definition) is 1. The Balaban J connectivity index is 1.66. The molecule has 0 aliphatic heterocycles. The van der Waals surface area contributed by atoms with Gasteiger partial charge in [-0.25, -0.2) is 10.4 Å². The Bertz CT molecular complexity index is 1340. The zero-order valence-electron chi connectivity index (χ0n) is 17.9. The number of ether oxygens (including phenoxy) is 2. The van der Waals surface area contributed by atoms with Crippen LogP contribution in [0.4, 0.5) is 0 Å². The van der Waals surface area contributed by atoms with Crippen molar-refractivity contribution in [2.24, 2.45) is 5.10 Å². The van der Waals surface area contributed by atoms with Gasteiger partial charge < -0.3 is 9.47 Å². The lowest BCUT2D eigenvalue weighted by Gasteiger charge is -2.12. The van der Waals surface area contributed by atoms with Crippen molar-refractivity contribution in [3.8, 4) is 28.6 Å². The maximum Gasteiger partial charge on any atom is 0.278 e. The Morgan fingerprint density at radius 1 is 1.15 bits per heavy atom. The third-order valence-electron chi connectivity index (χ3n) is 4.49. The lowest BCUT2D eigenvalue weighted by atomic mass is 10.1. The Labute approximate surface area is 209 Å². The molecule has 0 spiro atoms. The third-order valence-corrected chi connectivity index (χ3v) is 5.86. The number of hydrogen-bond acceptors (Lipinski definition) is 7. The van der Waals surface area contributed by atoms with Gasteiger partial charge in [-0.3, -0.25) is 14.3 Å². The third kappa shape index (κ3) is 5.74. The lowest BCUT2D eigenvalue weighted by molar-refractivity contribution is -0.123. The molecule has 0 saturated heterocycles. The number of amides is 1. The number of nitrogens with zero attached hydrogens (tertiary/aromatic N) is 4. The topological polar surface area (TPSA) is 90.6 Å². The molecule has 8 nitrogen and oxygen atoms in total. The van der Waals surface area contributed by atoms with Crippen molar-refractivity contribution in [3.05, 3.63) is 81.3 Å². The number of rotatable bonds is 8. The number of halogens is 2. The molecule has 0 aliphatic rings. The second kappa shape index (κ2) is 11.1. The lowest BCUT2D eigenvalue weighted by Crippen LogP contribution is -2.28. The van der Waals surface area contributed by atoms with Gasteiger partial charge in [-0.1, -0.05) is 23.2 Å². The molecule has 1 N–H and O–H groups in total. The van der Waals surface area contributed by atoms with E-state index in [1.54, 1.807) is 12.1 Å². The van der Waals surface area contributed by atoms with Crippen molar-refractivity contribution in [2.45, 2.75) is 6.92 Å². The van der Waals surface area contributed by atoms with E-state index in [1.807, 2.05) is 47.2 Å². The quantitative estimate of drug-likeness (QED) is 0.343. The van der Waals surface area contributed by atoms with Crippen molar-refractivity contribution in [1.29, 1.82) is 0 Å². The van der Waals surface area contributed by atoms with E-state index in [4.69, 9.17) is 32.7 Å². The predicted molar refractivity (Wildman–Crippen MR) is 132 cm³/mol. The standard InChI is InChI=1S/C23H19Cl2N5O3S/c1-2-32-17-6-4-16(5-7-17)30-20(18-8-3-15(24)11-19(18)25)14-34-23(30)29-28-21(31)13-33-22-12-26-9-10-27-22/h3-12,14H,2,13H2,1H3,(H,28,31)/b29-23-. The minimum Gasteiger partial charge on any atom is -0.494 e. The van der Waals surface area contributed by atoms with Crippen molar-refractivity contribution in [3.63, 3.8) is 0 Å². The van der Waals surface area contributed by atoms with Gasteiger partial charge in [0.25, 0.3) is 5.91 Å². The van der Waals surface area contributed by atoms with Crippen LogP contribution in [0.2, 0.25) is 10.0 Å². The SMILES string of the molecule is CCOc1ccc(-n2c(-c3ccc(Cl)cc3Cl)cs/c2=N\NC(=O)COc2cnccn2)cc1. The van der Waals surface area contributed by atoms with Gasteiger partial charge in [0.2, 0.25) is 10.7 Å². The Hall–Kier alpha value is -3.40. The number of thiazole rings is 1. The van der Waals surface area contributed by atoms with Crippen LogP contribution in [-0.4, -0.2) is 33.7 Å². The molecule has 11 heteroatoms. The van der Waals surface area contributed by atoms with E-state index in [-0.39, 0.29) is 12.5 Å². The molecule has 0 radical (unpaired) electrons. The van der Waals surface area contributed by atoms with E-state index < -0.39 is 5.91 Å². The number of nitrogens with one attached hydrogen (secondary N) is 1. The van der Waals surface area contributed by atoms with Gasteiger partial charge in [0.1, 0.15) is 5.75 Å². The minimum absolute atomic E-state index is 0.248. The van der Waals surface area contributed by atoms with Crippen molar-refractivity contribution in [2.75, 3.05) is 13.2 Å². The summed E-state index contributed by atoms with van der Waals surface area (Å²) in [5, 5.41) is 7.26. The van der Waals surface area contributed by atoms with Crippen LogP contribution in [0.1, 0.15) is 6.92 Å². The summed E-state index contributed by atoms with van der Waals surface area (Å²) < 4.78 is 12.8. The highest BCUT2D eigenvalue weighted by atomic mass is 35.5. The number of benzene rings is 2. The molecule has 0 aliphatic carbocycles. The van der Waals surface area contributed by atoms with Gasteiger partial charge in [-0.15, -0.1) is 16.4 Å². The Kier molecular flexibility index (Phi) is 7.79. The molecule has 0 saturated carbocycles. The van der Waals surface area contributed by atoms with Gasteiger partial charge in [-0.2, -0.15) is 0 Å². The van der Waals surface area contributed by atoms with Crippen LogP contribution in [0.5, 0.6) is 11.6 Å². The highest BCUT2D eigenvalue weighted by Crippen LogP contribution is 2.32. The van der Waals surface area contributed by atoms with E-state index in [0.29, 0.717) is 21.5 Å². The van der Waals surface area contributed by atoms with Crippen molar-refractivity contribution in [1.82, 2.24) is 20.0 Å². The highest BCUT2D eigenvalue weighted by molar-refractivity contribution is 7.07. The van der Waals surface area contributed by atoms with Gasteiger partial charge in [-0.05, 0) is 49.4 Å². The first-order valence-corrected chi connectivity index (χ1v) is 11.8. The molecule has 0 atom stereocenters. The van der Waals surface area contributed by atoms with Gasteiger partial charge in [0, 0.05) is 34.0 Å². The van der Waals surface area contributed by atoms with Crippen LogP contribution in [0.25, 0.3) is 16.9 Å². The van der Waals surface area contributed by atoms with Crippen LogP contribution in [0, 0.1) is 0 Å². The van der Waals surface area contributed by atoms with Crippen LogP contribution in [0.3, 0.4) is 0 Å². The summed E-state index contributed by atoms with van der Waals surface area (Å²) in [5.74, 6) is 0.558. The fraction of sp³-hybridized carbons (Fsp3) is 0.130. The number of aromatic nitrogens is 3. The zero-order chi connectivity index (χ0) is 23.9. The second-order valence-corrected chi connectivity index (χ2v) is 8.45.